The van der Waals surface area contributed by atoms with Gasteiger partial charge in [-0.1, -0.05) is 24.3 Å². The molecule has 0 N–H and O–H groups in total. The number of fused-ring (bicyclic) bond motifs is 1. The zero-order chi connectivity index (χ0) is 23.2. The molecule has 1 amide bonds. The van der Waals surface area contributed by atoms with Gasteiger partial charge in [-0.05, 0) is 25.5 Å². The van der Waals surface area contributed by atoms with E-state index in [1.807, 2.05) is 35.2 Å². The molecule has 0 spiro atoms. The van der Waals surface area contributed by atoms with E-state index >= 15 is 0 Å². The molecule has 1 atom stereocenters. The van der Waals surface area contributed by atoms with Gasteiger partial charge in [-0.15, -0.1) is 0 Å². The van der Waals surface area contributed by atoms with E-state index < -0.39 is 0 Å². The molecule has 7 heteroatoms. The van der Waals surface area contributed by atoms with Crippen molar-refractivity contribution in [3.05, 3.63) is 59.4 Å². The van der Waals surface area contributed by atoms with Gasteiger partial charge in [0.25, 0.3) is 0 Å². The molecule has 1 saturated heterocycles. The molecule has 1 fully saturated rings. The van der Waals surface area contributed by atoms with Crippen molar-refractivity contribution in [1.82, 2.24) is 14.7 Å². The molecule has 1 unspecified atom stereocenters. The Labute approximate surface area is 195 Å². The van der Waals surface area contributed by atoms with Crippen LogP contribution in [0.1, 0.15) is 30.9 Å². The molecule has 0 aromatic heterocycles. The summed E-state index contributed by atoms with van der Waals surface area (Å²) in [5.74, 6) is 1.67. The van der Waals surface area contributed by atoms with Crippen LogP contribution in [0.2, 0.25) is 0 Å². The number of amides is 1. The second-order valence-electron chi connectivity index (χ2n) is 8.99. The van der Waals surface area contributed by atoms with Gasteiger partial charge in [-0.2, -0.15) is 0 Å². The molecule has 0 radical (unpaired) electrons. The van der Waals surface area contributed by atoms with Crippen LogP contribution in [0, 0.1) is 5.82 Å². The number of ether oxygens (including phenoxy) is 2. The van der Waals surface area contributed by atoms with Crippen molar-refractivity contribution in [2.24, 2.45) is 0 Å². The minimum absolute atomic E-state index is 0.0404. The summed E-state index contributed by atoms with van der Waals surface area (Å²) in [6, 6.07) is 12.9. The summed E-state index contributed by atoms with van der Waals surface area (Å²) in [5, 5.41) is 0. The summed E-state index contributed by atoms with van der Waals surface area (Å²) in [6.07, 6.45) is 1.44. The highest BCUT2D eigenvalue weighted by Gasteiger charge is 2.24. The summed E-state index contributed by atoms with van der Waals surface area (Å²) in [6.45, 7) is 7.97. The molecule has 2 aliphatic heterocycles. The first-order valence-electron chi connectivity index (χ1n) is 11.8. The zero-order valence-electron chi connectivity index (χ0n) is 19.6. The van der Waals surface area contributed by atoms with Gasteiger partial charge in [0.15, 0.2) is 0 Å². The lowest BCUT2D eigenvalue weighted by Gasteiger charge is -2.25. The van der Waals surface area contributed by atoms with Crippen molar-refractivity contribution in [2.75, 3.05) is 46.4 Å². The largest absolute Gasteiger partial charge is 0.497 e. The lowest BCUT2D eigenvalue weighted by Crippen LogP contribution is -2.38. The fraction of sp³-hybridized carbons (Fsp3) is 0.500. The van der Waals surface area contributed by atoms with Crippen LogP contribution >= 0.6 is 0 Å². The predicted molar refractivity (Wildman–Crippen MR) is 126 cm³/mol. The summed E-state index contributed by atoms with van der Waals surface area (Å²) in [5.41, 5.74) is 1.83. The smallest absolute Gasteiger partial charge is 0.223 e. The third-order valence-electron chi connectivity index (χ3n) is 6.45. The van der Waals surface area contributed by atoms with Crippen LogP contribution in [0.25, 0.3) is 0 Å². The Kier molecular flexibility index (Phi) is 7.83. The summed E-state index contributed by atoms with van der Waals surface area (Å²) in [7, 11) is 1.65. The number of carbonyl (C=O) groups is 1. The number of nitrogens with zero attached hydrogens (tertiary/aromatic N) is 3. The highest BCUT2D eigenvalue weighted by molar-refractivity contribution is 5.76. The fourth-order valence-electron chi connectivity index (χ4n) is 4.65. The van der Waals surface area contributed by atoms with E-state index in [9.17, 15) is 9.18 Å². The van der Waals surface area contributed by atoms with Gasteiger partial charge < -0.3 is 14.4 Å². The van der Waals surface area contributed by atoms with Crippen LogP contribution in [-0.4, -0.2) is 73.1 Å². The Morgan fingerprint density at radius 3 is 2.79 bits per heavy atom. The Hall–Kier alpha value is -2.64. The lowest BCUT2D eigenvalue weighted by molar-refractivity contribution is -0.131. The number of halogens is 1. The van der Waals surface area contributed by atoms with Crippen LogP contribution in [0.5, 0.6) is 11.5 Å². The standard InChI is InChI=1S/C26H34FN3O3/c1-20-17-29(19-22-8-9-23(32-2)16-25(22)33-20)13-10-26(31)30-12-5-11-28(14-15-30)18-21-6-3-4-7-24(21)27/h3-4,6-9,16,20H,5,10-15,17-19H2,1-2H3. The Bertz CT molecular complexity index is 954. The maximum Gasteiger partial charge on any atom is 0.223 e. The normalized spacial score (nSPS) is 19.8. The number of rotatable bonds is 6. The van der Waals surface area contributed by atoms with Crippen molar-refractivity contribution in [3.8, 4) is 11.5 Å². The summed E-state index contributed by atoms with van der Waals surface area (Å²) in [4.78, 5) is 19.5. The van der Waals surface area contributed by atoms with Gasteiger partial charge in [0.05, 0.1) is 7.11 Å². The van der Waals surface area contributed by atoms with Crippen molar-refractivity contribution in [1.29, 1.82) is 0 Å². The van der Waals surface area contributed by atoms with Gasteiger partial charge in [-0.3, -0.25) is 14.6 Å². The Morgan fingerprint density at radius 2 is 1.97 bits per heavy atom. The maximum absolute atomic E-state index is 14.0. The lowest BCUT2D eigenvalue weighted by atomic mass is 10.1. The Morgan fingerprint density at radius 1 is 1.12 bits per heavy atom. The van der Waals surface area contributed by atoms with E-state index in [2.05, 4.69) is 16.7 Å². The first-order valence-corrected chi connectivity index (χ1v) is 11.8. The number of benzene rings is 2. The highest BCUT2D eigenvalue weighted by Crippen LogP contribution is 2.29. The molecular weight excluding hydrogens is 421 g/mol. The van der Waals surface area contributed by atoms with Crippen LogP contribution in [-0.2, 0) is 17.9 Å². The monoisotopic (exact) mass is 455 g/mol. The predicted octanol–water partition coefficient (Wildman–Crippen LogP) is 3.54. The van der Waals surface area contributed by atoms with E-state index in [0.29, 0.717) is 31.6 Å². The first kappa shape index (κ1) is 23.5. The molecule has 4 rings (SSSR count). The number of methoxy groups -OCH3 is 1. The summed E-state index contributed by atoms with van der Waals surface area (Å²) >= 11 is 0. The molecule has 33 heavy (non-hydrogen) atoms. The van der Waals surface area contributed by atoms with Crippen molar-refractivity contribution in [3.63, 3.8) is 0 Å². The quantitative estimate of drug-likeness (QED) is 0.667. The van der Waals surface area contributed by atoms with E-state index in [4.69, 9.17) is 9.47 Å². The van der Waals surface area contributed by atoms with Crippen LogP contribution in [0.4, 0.5) is 4.39 Å². The topological polar surface area (TPSA) is 45.3 Å². The molecule has 0 saturated carbocycles. The van der Waals surface area contributed by atoms with Crippen LogP contribution < -0.4 is 9.47 Å². The minimum atomic E-state index is -0.162. The van der Waals surface area contributed by atoms with Gasteiger partial charge in [0, 0.05) is 76.0 Å². The van der Waals surface area contributed by atoms with Gasteiger partial charge >= 0.3 is 0 Å². The van der Waals surface area contributed by atoms with E-state index in [0.717, 1.165) is 56.2 Å². The molecule has 6 nitrogen and oxygen atoms in total. The minimum Gasteiger partial charge on any atom is -0.497 e. The van der Waals surface area contributed by atoms with Crippen molar-refractivity contribution in [2.45, 2.75) is 39.0 Å². The maximum atomic E-state index is 14.0. The molecule has 0 bridgehead atoms. The second kappa shape index (κ2) is 11.0. The van der Waals surface area contributed by atoms with Crippen LogP contribution in [0.3, 0.4) is 0 Å². The van der Waals surface area contributed by atoms with Crippen molar-refractivity contribution < 1.29 is 18.7 Å². The van der Waals surface area contributed by atoms with Crippen molar-refractivity contribution >= 4 is 5.91 Å². The SMILES string of the molecule is COc1ccc2c(c1)OC(C)CN(CCC(=O)N1CCCN(Cc3ccccc3F)CC1)C2. The van der Waals surface area contributed by atoms with Gasteiger partial charge in [0.2, 0.25) is 5.91 Å². The van der Waals surface area contributed by atoms with E-state index in [1.54, 1.807) is 13.2 Å². The third-order valence-corrected chi connectivity index (χ3v) is 6.45. The fourth-order valence-corrected chi connectivity index (χ4v) is 4.65. The molecule has 178 valence electrons. The molecule has 2 aromatic rings. The van der Waals surface area contributed by atoms with E-state index in [1.165, 1.54) is 6.07 Å². The Balaban J connectivity index is 1.29. The van der Waals surface area contributed by atoms with Gasteiger partial charge in [-0.25, -0.2) is 4.39 Å². The summed E-state index contributed by atoms with van der Waals surface area (Å²) < 4.78 is 25.4. The second-order valence-corrected chi connectivity index (χ2v) is 8.99. The number of carbonyl (C=O) groups excluding carboxylic acids is 1. The average molecular weight is 456 g/mol. The van der Waals surface area contributed by atoms with Gasteiger partial charge in [0.1, 0.15) is 23.4 Å². The highest BCUT2D eigenvalue weighted by atomic mass is 19.1. The molecule has 2 heterocycles. The first-order chi connectivity index (χ1) is 16.0. The van der Waals surface area contributed by atoms with E-state index in [-0.39, 0.29) is 17.8 Å². The zero-order valence-corrected chi connectivity index (χ0v) is 19.6. The molecular formula is C26H34FN3O3. The van der Waals surface area contributed by atoms with Crippen LogP contribution in [0.15, 0.2) is 42.5 Å². The number of hydrogen-bond acceptors (Lipinski definition) is 5. The number of hydrogen-bond donors (Lipinski definition) is 0. The molecule has 0 aliphatic carbocycles. The molecule has 2 aliphatic rings. The third kappa shape index (κ3) is 6.24. The average Bonchev–Trinajstić information content (AvgIpc) is 3.14. The molecule has 2 aromatic carbocycles.